The number of pyridine rings is 1. The fraction of sp³-hybridized carbons (Fsp3) is 0.368. The molecule has 0 unspecified atom stereocenters. The SMILES string of the molecule is Cc1cccc(NCc2nc(N(C)CCN(C)C)ccc2C#N)c1. The highest BCUT2D eigenvalue weighted by atomic mass is 15.2. The van der Waals surface area contributed by atoms with E-state index in [-0.39, 0.29) is 0 Å². The molecule has 5 nitrogen and oxygen atoms in total. The summed E-state index contributed by atoms with van der Waals surface area (Å²) >= 11 is 0. The molecule has 0 aliphatic rings. The normalized spacial score (nSPS) is 10.5. The molecule has 0 aliphatic heterocycles. The summed E-state index contributed by atoms with van der Waals surface area (Å²) in [7, 11) is 6.13. The van der Waals surface area contributed by atoms with Crippen molar-refractivity contribution in [2.75, 3.05) is 44.4 Å². The van der Waals surface area contributed by atoms with Crippen LogP contribution in [0.5, 0.6) is 0 Å². The van der Waals surface area contributed by atoms with Gasteiger partial charge >= 0.3 is 0 Å². The van der Waals surface area contributed by atoms with E-state index in [1.54, 1.807) is 0 Å². The highest BCUT2D eigenvalue weighted by Crippen LogP contribution is 2.16. The molecule has 0 atom stereocenters. The summed E-state index contributed by atoms with van der Waals surface area (Å²) in [5, 5.41) is 12.7. The molecule has 0 fully saturated rings. The molecule has 24 heavy (non-hydrogen) atoms. The Kier molecular flexibility index (Phi) is 6.16. The maximum atomic E-state index is 9.33. The van der Waals surface area contributed by atoms with E-state index in [1.165, 1.54) is 5.56 Å². The van der Waals surface area contributed by atoms with Gasteiger partial charge in [0.25, 0.3) is 0 Å². The number of hydrogen-bond acceptors (Lipinski definition) is 5. The Hall–Kier alpha value is -2.58. The van der Waals surface area contributed by atoms with Crippen LogP contribution in [0.15, 0.2) is 36.4 Å². The van der Waals surface area contributed by atoms with E-state index in [2.05, 4.69) is 59.3 Å². The Balaban J connectivity index is 2.12. The summed E-state index contributed by atoms with van der Waals surface area (Å²) in [6, 6.07) is 14.2. The van der Waals surface area contributed by atoms with Crippen LogP contribution in [-0.4, -0.2) is 44.1 Å². The third kappa shape index (κ3) is 4.97. The van der Waals surface area contributed by atoms with E-state index in [4.69, 9.17) is 0 Å². The van der Waals surface area contributed by atoms with Crippen LogP contribution in [-0.2, 0) is 6.54 Å². The van der Waals surface area contributed by atoms with Crippen molar-refractivity contribution in [2.45, 2.75) is 13.5 Å². The summed E-state index contributed by atoms with van der Waals surface area (Å²) in [5.41, 5.74) is 3.62. The average Bonchev–Trinajstić information content (AvgIpc) is 2.57. The van der Waals surface area contributed by atoms with Crippen molar-refractivity contribution in [1.82, 2.24) is 9.88 Å². The number of benzene rings is 1. The molecule has 0 bridgehead atoms. The van der Waals surface area contributed by atoms with E-state index in [0.29, 0.717) is 12.1 Å². The number of nitrogens with zero attached hydrogens (tertiary/aromatic N) is 4. The van der Waals surface area contributed by atoms with Crippen molar-refractivity contribution >= 4 is 11.5 Å². The van der Waals surface area contributed by atoms with E-state index in [0.717, 1.165) is 30.3 Å². The first kappa shape index (κ1) is 17.8. The second-order valence-corrected chi connectivity index (χ2v) is 6.22. The number of nitrogens with one attached hydrogen (secondary N) is 1. The lowest BCUT2D eigenvalue weighted by molar-refractivity contribution is 0.416. The minimum atomic E-state index is 0.529. The van der Waals surface area contributed by atoms with E-state index in [1.807, 2.05) is 31.3 Å². The van der Waals surface area contributed by atoms with Crippen LogP contribution in [0.1, 0.15) is 16.8 Å². The van der Waals surface area contributed by atoms with Gasteiger partial charge in [0.2, 0.25) is 0 Å². The lowest BCUT2D eigenvalue weighted by atomic mass is 10.2. The number of hydrogen-bond donors (Lipinski definition) is 1. The molecule has 0 amide bonds. The lowest BCUT2D eigenvalue weighted by Crippen LogP contribution is -2.29. The van der Waals surface area contributed by atoms with Crippen LogP contribution in [0.25, 0.3) is 0 Å². The average molecular weight is 323 g/mol. The minimum absolute atomic E-state index is 0.529. The van der Waals surface area contributed by atoms with Gasteiger partial charge in [0.1, 0.15) is 11.9 Å². The highest BCUT2D eigenvalue weighted by Gasteiger charge is 2.09. The van der Waals surface area contributed by atoms with Gasteiger partial charge < -0.3 is 15.1 Å². The monoisotopic (exact) mass is 323 g/mol. The Bertz CT molecular complexity index is 718. The summed E-state index contributed by atoms with van der Waals surface area (Å²) in [6.07, 6.45) is 0. The van der Waals surface area contributed by atoms with Gasteiger partial charge in [0, 0.05) is 25.8 Å². The third-order valence-corrected chi connectivity index (χ3v) is 3.83. The molecule has 2 aromatic rings. The highest BCUT2D eigenvalue weighted by molar-refractivity contribution is 5.49. The maximum absolute atomic E-state index is 9.33. The van der Waals surface area contributed by atoms with Gasteiger partial charge in [0.15, 0.2) is 0 Å². The van der Waals surface area contributed by atoms with Gasteiger partial charge in [-0.2, -0.15) is 5.26 Å². The summed E-state index contributed by atoms with van der Waals surface area (Å²) in [5.74, 6) is 0.886. The smallest absolute Gasteiger partial charge is 0.128 e. The van der Waals surface area contributed by atoms with Gasteiger partial charge in [-0.05, 0) is 50.8 Å². The molecule has 1 aromatic heterocycles. The van der Waals surface area contributed by atoms with Crippen molar-refractivity contribution < 1.29 is 0 Å². The summed E-state index contributed by atoms with van der Waals surface area (Å²) in [4.78, 5) is 8.93. The van der Waals surface area contributed by atoms with Crippen molar-refractivity contribution in [3.8, 4) is 6.07 Å². The van der Waals surface area contributed by atoms with Crippen LogP contribution < -0.4 is 10.2 Å². The van der Waals surface area contributed by atoms with Crippen LogP contribution in [0, 0.1) is 18.3 Å². The molecule has 0 spiro atoms. The minimum Gasteiger partial charge on any atom is -0.379 e. The number of anilines is 2. The van der Waals surface area contributed by atoms with Crippen LogP contribution in [0.3, 0.4) is 0 Å². The number of rotatable bonds is 7. The fourth-order valence-electron chi connectivity index (χ4n) is 2.34. The van der Waals surface area contributed by atoms with Crippen molar-refractivity contribution in [1.29, 1.82) is 5.26 Å². The summed E-state index contributed by atoms with van der Waals surface area (Å²) in [6.45, 7) is 4.43. The van der Waals surface area contributed by atoms with Crippen molar-refractivity contribution in [3.05, 3.63) is 53.2 Å². The first-order chi connectivity index (χ1) is 11.5. The molecule has 0 radical (unpaired) electrons. The van der Waals surface area contributed by atoms with Gasteiger partial charge in [-0.1, -0.05) is 12.1 Å². The van der Waals surface area contributed by atoms with E-state index < -0.39 is 0 Å². The fourth-order valence-corrected chi connectivity index (χ4v) is 2.34. The second-order valence-electron chi connectivity index (χ2n) is 6.22. The molecule has 1 aromatic carbocycles. The largest absolute Gasteiger partial charge is 0.379 e. The summed E-state index contributed by atoms with van der Waals surface area (Å²) < 4.78 is 0. The molecule has 126 valence electrons. The van der Waals surface area contributed by atoms with E-state index >= 15 is 0 Å². The molecule has 2 rings (SSSR count). The molecule has 0 aliphatic carbocycles. The van der Waals surface area contributed by atoms with Gasteiger partial charge in [-0.3, -0.25) is 0 Å². The lowest BCUT2D eigenvalue weighted by Gasteiger charge is -2.21. The number of aryl methyl sites for hydroxylation is 1. The Morgan fingerprint density at radius 3 is 2.58 bits per heavy atom. The van der Waals surface area contributed by atoms with Crippen LogP contribution in [0.4, 0.5) is 11.5 Å². The molecule has 0 saturated carbocycles. The zero-order chi connectivity index (χ0) is 17.5. The predicted octanol–water partition coefficient (Wildman–Crippen LogP) is 2.87. The van der Waals surface area contributed by atoms with E-state index in [9.17, 15) is 5.26 Å². The topological polar surface area (TPSA) is 55.2 Å². The quantitative estimate of drug-likeness (QED) is 0.849. The van der Waals surface area contributed by atoms with Gasteiger partial charge in [0.05, 0.1) is 17.8 Å². The Labute approximate surface area is 144 Å². The molecule has 0 saturated heterocycles. The Morgan fingerprint density at radius 1 is 1.12 bits per heavy atom. The number of aromatic nitrogens is 1. The molecular weight excluding hydrogens is 298 g/mol. The number of likely N-dealkylation sites (N-methyl/N-ethyl adjacent to an activating group) is 2. The van der Waals surface area contributed by atoms with Crippen LogP contribution in [0.2, 0.25) is 0 Å². The molecule has 5 heteroatoms. The first-order valence-corrected chi connectivity index (χ1v) is 8.06. The standard InChI is InChI=1S/C19H25N5/c1-15-6-5-7-17(12-15)21-14-18-16(13-20)8-9-19(22-18)24(4)11-10-23(2)3/h5-9,12,21H,10-11,14H2,1-4H3. The molecule has 1 N–H and O–H groups in total. The maximum Gasteiger partial charge on any atom is 0.128 e. The molecular formula is C19H25N5. The van der Waals surface area contributed by atoms with Gasteiger partial charge in [-0.15, -0.1) is 0 Å². The van der Waals surface area contributed by atoms with Crippen molar-refractivity contribution in [2.24, 2.45) is 0 Å². The predicted molar refractivity (Wildman–Crippen MR) is 99.3 cm³/mol. The van der Waals surface area contributed by atoms with Crippen LogP contribution >= 0.6 is 0 Å². The second kappa shape index (κ2) is 8.32. The first-order valence-electron chi connectivity index (χ1n) is 8.06. The zero-order valence-corrected chi connectivity index (χ0v) is 14.9. The van der Waals surface area contributed by atoms with Crippen molar-refractivity contribution in [3.63, 3.8) is 0 Å². The zero-order valence-electron chi connectivity index (χ0n) is 14.9. The molecule has 1 heterocycles. The Morgan fingerprint density at radius 2 is 1.92 bits per heavy atom. The third-order valence-electron chi connectivity index (χ3n) is 3.83. The number of nitriles is 1. The van der Waals surface area contributed by atoms with Gasteiger partial charge in [-0.25, -0.2) is 4.98 Å².